The van der Waals surface area contributed by atoms with Crippen molar-refractivity contribution in [2.45, 2.75) is 100.0 Å². The number of aromatic nitrogens is 1. The average molecular weight is 884 g/mol. The molecule has 4 saturated heterocycles. The van der Waals surface area contributed by atoms with Gasteiger partial charge in [0.2, 0.25) is 11.8 Å². The summed E-state index contributed by atoms with van der Waals surface area (Å²) in [5, 5.41) is 3.00. The summed E-state index contributed by atoms with van der Waals surface area (Å²) in [5.74, 6) is -6.04. The number of pyridine rings is 1. The van der Waals surface area contributed by atoms with Crippen molar-refractivity contribution in [3.63, 3.8) is 0 Å². The number of ether oxygens (including phenoxy) is 1. The minimum Gasteiger partial charge on any atom is -0.465 e. The number of rotatable bonds is 13. The van der Waals surface area contributed by atoms with E-state index >= 15 is 17.6 Å². The van der Waals surface area contributed by atoms with E-state index in [1.807, 2.05) is 19.1 Å². The van der Waals surface area contributed by atoms with E-state index in [1.165, 1.54) is 36.4 Å². The lowest BCUT2D eigenvalue weighted by Gasteiger charge is -2.42. The molecule has 1 N–H and O–H groups in total. The van der Waals surface area contributed by atoms with Gasteiger partial charge in [0.1, 0.15) is 23.9 Å². The van der Waals surface area contributed by atoms with E-state index in [2.05, 4.69) is 10.3 Å². The Hall–Kier alpha value is -4.86. The van der Waals surface area contributed by atoms with Gasteiger partial charge >= 0.3 is 19.2 Å². The first-order valence-corrected chi connectivity index (χ1v) is 23.0. The highest BCUT2D eigenvalue weighted by Gasteiger charge is 2.66. The second kappa shape index (κ2) is 17.1. The van der Waals surface area contributed by atoms with Crippen molar-refractivity contribution in [3.8, 4) is 5.75 Å². The van der Waals surface area contributed by atoms with Crippen LogP contribution in [-0.2, 0) is 29.3 Å². The lowest BCUT2D eigenvalue weighted by Crippen LogP contribution is -2.58. The molecule has 0 spiro atoms. The van der Waals surface area contributed by atoms with Gasteiger partial charge in [-0.15, -0.1) is 11.3 Å². The molecule has 18 heteroatoms. The Morgan fingerprint density at radius 2 is 1.79 bits per heavy atom. The van der Waals surface area contributed by atoms with Gasteiger partial charge in [0.25, 0.3) is 11.8 Å². The van der Waals surface area contributed by atoms with Crippen LogP contribution in [0.25, 0.3) is 10.1 Å². The third-order valence-corrected chi connectivity index (χ3v) is 15.7. The van der Waals surface area contributed by atoms with E-state index in [0.717, 1.165) is 29.0 Å². The van der Waals surface area contributed by atoms with Gasteiger partial charge in [-0.3, -0.25) is 28.7 Å². The van der Waals surface area contributed by atoms with Gasteiger partial charge in [-0.2, -0.15) is 13.5 Å². The number of halogens is 4. The van der Waals surface area contributed by atoms with Crippen LogP contribution < -0.4 is 9.84 Å². The zero-order valence-electron chi connectivity index (χ0n) is 33.4. The topological polar surface area (TPSA) is 138 Å². The van der Waals surface area contributed by atoms with E-state index in [0.29, 0.717) is 62.7 Å². The Morgan fingerprint density at radius 3 is 2.52 bits per heavy atom. The molecule has 0 aliphatic carbocycles. The van der Waals surface area contributed by atoms with Gasteiger partial charge in [0.15, 0.2) is 0 Å². The quantitative estimate of drug-likeness (QED) is 0.0614. The van der Waals surface area contributed by atoms with Gasteiger partial charge in [-0.1, -0.05) is 43.7 Å². The summed E-state index contributed by atoms with van der Waals surface area (Å²) in [4.78, 5) is 62.4. The maximum absolute atomic E-state index is 17.0. The molecular formula is C43H46F4N5O7PS. The minimum atomic E-state index is -5.74. The van der Waals surface area contributed by atoms with E-state index in [4.69, 9.17) is 9.26 Å². The third kappa shape index (κ3) is 8.40. The van der Waals surface area contributed by atoms with E-state index in [9.17, 15) is 23.7 Å². The van der Waals surface area contributed by atoms with Gasteiger partial charge in [-0.05, 0) is 85.9 Å². The monoisotopic (exact) mass is 883 g/mol. The molecule has 4 aromatic rings. The molecule has 324 valence electrons. The number of unbranched alkanes of at least 4 members (excludes halogenated alkanes) is 1. The Balaban J connectivity index is 1.01. The van der Waals surface area contributed by atoms with Crippen LogP contribution in [0.15, 0.2) is 79.1 Å². The first-order chi connectivity index (χ1) is 29.2. The van der Waals surface area contributed by atoms with E-state index in [1.54, 1.807) is 28.3 Å². The number of nitrogens with zero attached hydrogens (tertiary/aromatic N) is 4. The fourth-order valence-corrected chi connectivity index (χ4v) is 12.1. The van der Waals surface area contributed by atoms with E-state index < -0.39 is 67.6 Å². The van der Waals surface area contributed by atoms with Crippen molar-refractivity contribution in [1.29, 1.82) is 0 Å². The zero-order valence-corrected chi connectivity index (χ0v) is 35.1. The summed E-state index contributed by atoms with van der Waals surface area (Å²) < 4.78 is 90.3. The maximum Gasteiger partial charge on any atom is 0.393 e. The van der Waals surface area contributed by atoms with Crippen LogP contribution in [0.3, 0.4) is 0 Å². The highest BCUT2D eigenvalue weighted by atomic mass is 32.1. The average Bonchev–Trinajstić information content (AvgIpc) is 3.92. The molecule has 4 aliphatic heterocycles. The summed E-state index contributed by atoms with van der Waals surface area (Å²) in [6.45, 7) is 1.32. The van der Waals surface area contributed by atoms with E-state index in [-0.39, 0.29) is 51.1 Å². The molecule has 4 aliphatic rings. The number of hydrogen-bond acceptors (Lipinski definition) is 9. The molecule has 1 unspecified atom stereocenters. The van der Waals surface area contributed by atoms with Gasteiger partial charge < -0.3 is 24.4 Å². The number of amides is 3. The third-order valence-electron chi connectivity index (χ3n) is 12.0. The fourth-order valence-electron chi connectivity index (χ4n) is 8.76. The molecule has 2 aromatic heterocycles. The Morgan fingerprint density at radius 1 is 1.00 bits per heavy atom. The number of benzene rings is 2. The molecule has 6 heterocycles. The zero-order chi connectivity index (χ0) is 43.1. The van der Waals surface area contributed by atoms with Gasteiger partial charge in [0, 0.05) is 54.1 Å². The molecule has 0 saturated carbocycles. The van der Waals surface area contributed by atoms with Crippen LogP contribution in [0.1, 0.15) is 85.0 Å². The van der Waals surface area contributed by atoms with Crippen LogP contribution >= 0.6 is 18.9 Å². The SMILES string of the molecule is CCCCOC(=O)[C@@H]1CC(F)(F)CN1P(=O)(Oc1ccccc1)C(F)(F)c1ccc2sc(C(=O)N[C@H]3CCC[C@H]4CC[C@@H](C(=O)N5CC(c6cccnc6)C5)N4C3=O)cc2c1. The molecule has 5 atom stereocenters. The van der Waals surface area contributed by atoms with Gasteiger partial charge in [0.05, 0.1) is 18.0 Å². The predicted octanol–water partition coefficient (Wildman–Crippen LogP) is 7.94. The second-order valence-corrected chi connectivity index (χ2v) is 19.6. The van der Waals surface area contributed by atoms with Crippen LogP contribution in [0.2, 0.25) is 0 Å². The van der Waals surface area contributed by atoms with Crippen molar-refractivity contribution in [2.75, 3.05) is 26.2 Å². The Kier molecular flexibility index (Phi) is 12.0. The normalized spacial score (nSPS) is 24.1. The summed E-state index contributed by atoms with van der Waals surface area (Å²) in [6, 6.07) is 11.8. The minimum absolute atomic E-state index is 0.109. The van der Waals surface area contributed by atoms with Crippen LogP contribution in [0, 0.1) is 0 Å². The van der Waals surface area contributed by atoms with Crippen molar-refractivity contribution in [3.05, 3.63) is 95.1 Å². The second-order valence-electron chi connectivity index (χ2n) is 16.2. The number of nitrogens with one attached hydrogen (secondary N) is 1. The highest BCUT2D eigenvalue weighted by Crippen LogP contribution is 2.70. The summed E-state index contributed by atoms with van der Waals surface area (Å²) >= 11 is 0.988. The smallest absolute Gasteiger partial charge is 0.393 e. The Bertz CT molecular complexity index is 2330. The largest absolute Gasteiger partial charge is 0.465 e. The summed E-state index contributed by atoms with van der Waals surface area (Å²) in [6.07, 6.45) is 6.22. The fraction of sp³-hybridized carbons (Fsp3) is 0.465. The molecule has 12 nitrogen and oxygen atoms in total. The number of esters is 1. The number of alkyl halides is 4. The standard InChI is InChI=1S/C43H46F4N5O7PS/c1-2-3-19-58-41(56)35-22-42(44,45)26-51(35)60(57,59-32-11-5-4-6-12-32)43(46,47)30-14-17-36-28(20-30)21-37(61-36)38(53)49-33-13-7-10-31-15-16-34(52(31)39(33)54)40(55)50-24-29(25-50)27-9-8-18-48-23-27/h4-6,8-9,11-12,14,17-18,20-21,23,29,31,33-35H,2-3,7,10,13,15-16,19,22,24-26H2,1H3,(H,49,53)/t31-,33-,34-,35-,60?/m0/s1. The Labute approximate surface area is 354 Å². The van der Waals surface area contributed by atoms with Gasteiger partial charge in [-0.25, -0.2) is 8.78 Å². The number of fused-ring (bicyclic) bond motifs is 2. The van der Waals surface area contributed by atoms with Crippen molar-refractivity contribution < 1.29 is 50.6 Å². The number of thiophene rings is 1. The van der Waals surface area contributed by atoms with Crippen LogP contribution in [-0.4, -0.2) is 99.5 Å². The number of carbonyl (C=O) groups excluding carboxylic acids is 4. The van der Waals surface area contributed by atoms with Crippen molar-refractivity contribution in [2.24, 2.45) is 0 Å². The summed E-state index contributed by atoms with van der Waals surface area (Å²) in [7, 11) is -5.74. The highest BCUT2D eigenvalue weighted by molar-refractivity contribution is 7.57. The molecule has 8 rings (SSSR count). The summed E-state index contributed by atoms with van der Waals surface area (Å²) in [5.41, 5.74) is -4.25. The first-order valence-electron chi connectivity index (χ1n) is 20.6. The first kappa shape index (κ1) is 42.8. The van der Waals surface area contributed by atoms with Crippen LogP contribution in [0.4, 0.5) is 17.6 Å². The molecule has 61 heavy (non-hydrogen) atoms. The molecule has 0 radical (unpaired) electrons. The molecule has 3 amide bonds. The van der Waals surface area contributed by atoms with Crippen LogP contribution in [0.5, 0.6) is 5.75 Å². The maximum atomic E-state index is 17.0. The predicted molar refractivity (Wildman–Crippen MR) is 219 cm³/mol. The molecule has 2 aromatic carbocycles. The molecule has 4 fully saturated rings. The molecule has 0 bridgehead atoms. The lowest BCUT2D eigenvalue weighted by molar-refractivity contribution is -0.148. The number of para-hydroxylation sites is 1. The lowest BCUT2D eigenvalue weighted by atomic mass is 9.92. The number of likely N-dealkylation sites (tertiary alicyclic amines) is 1. The molecular weight excluding hydrogens is 838 g/mol. The van der Waals surface area contributed by atoms with Crippen molar-refractivity contribution >= 4 is 52.6 Å². The number of hydrogen-bond donors (Lipinski definition) is 1. The number of carbonyl (C=O) groups is 4. The van der Waals surface area contributed by atoms with Crippen molar-refractivity contribution in [1.82, 2.24) is 24.8 Å².